The minimum Gasteiger partial charge on any atom is -0.487 e. The summed E-state index contributed by atoms with van der Waals surface area (Å²) < 4.78 is 6.36. The van der Waals surface area contributed by atoms with E-state index in [4.69, 9.17) is 4.74 Å². The molecule has 0 radical (unpaired) electrons. The van der Waals surface area contributed by atoms with Gasteiger partial charge in [0, 0.05) is 35.1 Å². The number of H-pyrrole nitrogens is 1. The molecule has 0 bridgehead atoms. The van der Waals surface area contributed by atoms with E-state index in [1.807, 2.05) is 24.5 Å². The molecule has 4 aromatic heterocycles. The Labute approximate surface area is 162 Å². The fraction of sp³-hybridized carbons (Fsp3) is 0.273. The van der Waals surface area contributed by atoms with E-state index in [9.17, 15) is 5.26 Å². The zero-order chi connectivity index (χ0) is 18.9. The molecule has 4 heterocycles. The molecule has 138 valence electrons. The van der Waals surface area contributed by atoms with E-state index in [0.29, 0.717) is 11.4 Å². The number of aromatic amines is 1. The van der Waals surface area contributed by atoms with Gasteiger partial charge in [0.05, 0.1) is 23.2 Å². The van der Waals surface area contributed by atoms with Crippen LogP contribution in [0.5, 0.6) is 5.75 Å². The average Bonchev–Trinajstić information content (AvgIpc) is 3.13. The highest BCUT2D eigenvalue weighted by Crippen LogP contribution is 2.37. The Morgan fingerprint density at radius 3 is 2.75 bits per heavy atom. The zero-order valence-corrected chi connectivity index (χ0v) is 15.4. The predicted octanol–water partition coefficient (Wildman–Crippen LogP) is 4.76. The van der Waals surface area contributed by atoms with Crippen LogP contribution in [0.25, 0.3) is 33.1 Å². The Morgan fingerprint density at radius 2 is 1.96 bits per heavy atom. The molecule has 0 amide bonds. The molecular formula is C22H19N5O. The van der Waals surface area contributed by atoms with Crippen LogP contribution in [0.15, 0.2) is 43.0 Å². The Morgan fingerprint density at radius 1 is 1.07 bits per heavy atom. The number of nitrogens with zero attached hydrogens (tertiary/aromatic N) is 4. The number of ether oxygens (including phenoxy) is 1. The normalized spacial score (nSPS) is 15.0. The summed E-state index contributed by atoms with van der Waals surface area (Å²) in [7, 11) is 0. The summed E-state index contributed by atoms with van der Waals surface area (Å²) in [6, 6.07) is 8.19. The van der Waals surface area contributed by atoms with Crippen LogP contribution in [0, 0.1) is 11.3 Å². The molecule has 0 unspecified atom stereocenters. The first kappa shape index (κ1) is 16.7. The fourth-order valence-corrected chi connectivity index (χ4v) is 3.97. The largest absolute Gasteiger partial charge is 0.487 e. The van der Waals surface area contributed by atoms with Gasteiger partial charge < -0.3 is 9.72 Å². The summed E-state index contributed by atoms with van der Waals surface area (Å²) in [6.45, 7) is 0. The van der Waals surface area contributed by atoms with Crippen molar-refractivity contribution in [2.45, 2.75) is 38.2 Å². The number of fused-ring (bicyclic) bond motifs is 3. The summed E-state index contributed by atoms with van der Waals surface area (Å²) >= 11 is 0. The number of hydrogen-bond acceptors (Lipinski definition) is 5. The van der Waals surface area contributed by atoms with Crippen molar-refractivity contribution in [3.05, 3.63) is 48.7 Å². The van der Waals surface area contributed by atoms with Crippen molar-refractivity contribution in [1.29, 1.82) is 5.26 Å². The highest BCUT2D eigenvalue weighted by atomic mass is 16.5. The van der Waals surface area contributed by atoms with E-state index in [2.05, 4.69) is 32.1 Å². The molecule has 0 aromatic carbocycles. The molecule has 4 aromatic rings. The highest BCUT2D eigenvalue weighted by Gasteiger charge is 2.22. The Hall–Kier alpha value is -3.46. The van der Waals surface area contributed by atoms with E-state index < -0.39 is 0 Å². The van der Waals surface area contributed by atoms with E-state index in [-0.39, 0.29) is 6.10 Å². The van der Waals surface area contributed by atoms with Crippen LogP contribution < -0.4 is 4.74 Å². The summed E-state index contributed by atoms with van der Waals surface area (Å²) in [5.74, 6) is 0.572. The molecule has 0 aliphatic heterocycles. The van der Waals surface area contributed by atoms with Crippen molar-refractivity contribution >= 4 is 21.9 Å². The average molecular weight is 369 g/mol. The highest BCUT2D eigenvalue weighted by molar-refractivity contribution is 6.10. The molecule has 6 heteroatoms. The third kappa shape index (κ3) is 2.85. The van der Waals surface area contributed by atoms with Crippen molar-refractivity contribution in [3.63, 3.8) is 0 Å². The number of rotatable bonds is 3. The zero-order valence-electron chi connectivity index (χ0n) is 15.4. The third-order valence-electron chi connectivity index (χ3n) is 5.38. The van der Waals surface area contributed by atoms with Crippen molar-refractivity contribution in [1.82, 2.24) is 19.9 Å². The van der Waals surface area contributed by atoms with Crippen molar-refractivity contribution in [2.75, 3.05) is 0 Å². The van der Waals surface area contributed by atoms with Crippen LogP contribution in [0.4, 0.5) is 0 Å². The van der Waals surface area contributed by atoms with Crippen molar-refractivity contribution < 1.29 is 4.74 Å². The molecule has 28 heavy (non-hydrogen) atoms. The third-order valence-corrected chi connectivity index (χ3v) is 5.38. The van der Waals surface area contributed by atoms with Crippen LogP contribution in [0.3, 0.4) is 0 Å². The molecule has 0 atom stereocenters. The minimum atomic E-state index is 0.132. The Balaban J connectivity index is 1.70. The minimum absolute atomic E-state index is 0.132. The second-order valence-corrected chi connectivity index (χ2v) is 7.20. The van der Waals surface area contributed by atoms with Gasteiger partial charge in [0.1, 0.15) is 11.7 Å². The smallest absolute Gasteiger partial charge is 0.183 e. The predicted molar refractivity (Wildman–Crippen MR) is 107 cm³/mol. The topological polar surface area (TPSA) is 87.5 Å². The SMILES string of the molecule is N#Cc1ncc2[nH]c3ncc(-c4cccnc4)cc3c2c1OC1CCCCC1. The van der Waals surface area contributed by atoms with Crippen LogP contribution in [-0.2, 0) is 0 Å². The molecule has 6 nitrogen and oxygen atoms in total. The monoisotopic (exact) mass is 369 g/mol. The van der Waals surface area contributed by atoms with E-state index >= 15 is 0 Å². The molecule has 5 rings (SSSR count). The lowest BCUT2D eigenvalue weighted by Gasteiger charge is -2.23. The van der Waals surface area contributed by atoms with Crippen LogP contribution in [0.2, 0.25) is 0 Å². The first-order chi connectivity index (χ1) is 13.8. The van der Waals surface area contributed by atoms with Crippen LogP contribution >= 0.6 is 0 Å². The second kappa shape index (κ2) is 6.93. The lowest BCUT2D eigenvalue weighted by atomic mass is 9.97. The number of nitrogens with one attached hydrogen (secondary N) is 1. The molecule has 1 aliphatic carbocycles. The van der Waals surface area contributed by atoms with Crippen LogP contribution in [-0.4, -0.2) is 26.0 Å². The quantitative estimate of drug-likeness (QED) is 0.563. The van der Waals surface area contributed by atoms with Gasteiger partial charge in [0.25, 0.3) is 0 Å². The maximum absolute atomic E-state index is 9.62. The van der Waals surface area contributed by atoms with Gasteiger partial charge >= 0.3 is 0 Å². The van der Waals surface area contributed by atoms with Crippen molar-refractivity contribution in [3.8, 4) is 22.9 Å². The Bertz CT molecular complexity index is 1190. The molecule has 1 saturated carbocycles. The molecular weight excluding hydrogens is 350 g/mol. The fourth-order valence-electron chi connectivity index (χ4n) is 3.97. The maximum Gasteiger partial charge on any atom is 0.183 e. The maximum atomic E-state index is 9.62. The van der Waals surface area contributed by atoms with E-state index in [1.165, 1.54) is 6.42 Å². The number of nitriles is 1. The summed E-state index contributed by atoms with van der Waals surface area (Å²) in [5, 5.41) is 11.4. The molecule has 1 N–H and O–H groups in total. The first-order valence-electron chi connectivity index (χ1n) is 9.61. The lowest BCUT2D eigenvalue weighted by Crippen LogP contribution is -2.20. The summed E-state index contributed by atoms with van der Waals surface area (Å²) in [5.41, 5.74) is 3.88. The standard InChI is InChI=1S/C22H19N5O/c23-10-18-21(28-16-6-2-1-3-7-16)20-17-9-15(14-5-4-8-24-11-14)12-26-22(17)27-19(20)13-25-18/h4-5,8-9,11-13,16H,1-3,6-7H2,(H,26,27). The van der Waals surface area contributed by atoms with E-state index in [0.717, 1.165) is 58.7 Å². The van der Waals surface area contributed by atoms with Gasteiger partial charge in [0.15, 0.2) is 11.4 Å². The lowest BCUT2D eigenvalue weighted by molar-refractivity contribution is 0.156. The van der Waals surface area contributed by atoms with Gasteiger partial charge in [-0.05, 0) is 37.8 Å². The summed E-state index contributed by atoms with van der Waals surface area (Å²) in [6.07, 6.45) is 12.8. The second-order valence-electron chi connectivity index (χ2n) is 7.20. The van der Waals surface area contributed by atoms with Gasteiger partial charge in [0.2, 0.25) is 0 Å². The molecule has 1 aliphatic rings. The Kier molecular flexibility index (Phi) is 4.13. The van der Waals surface area contributed by atoms with Gasteiger partial charge in [-0.1, -0.05) is 12.5 Å². The number of hydrogen-bond donors (Lipinski definition) is 1. The molecule has 0 spiro atoms. The van der Waals surface area contributed by atoms with Crippen LogP contribution in [0.1, 0.15) is 37.8 Å². The summed E-state index contributed by atoms with van der Waals surface area (Å²) in [4.78, 5) is 16.4. The van der Waals surface area contributed by atoms with Gasteiger partial charge in [-0.15, -0.1) is 0 Å². The first-order valence-corrected chi connectivity index (χ1v) is 9.61. The van der Waals surface area contributed by atoms with Crippen molar-refractivity contribution in [2.24, 2.45) is 0 Å². The van der Waals surface area contributed by atoms with E-state index in [1.54, 1.807) is 12.4 Å². The number of pyridine rings is 3. The number of aromatic nitrogens is 4. The molecule has 1 fully saturated rings. The van der Waals surface area contributed by atoms with Gasteiger partial charge in [-0.25, -0.2) is 9.97 Å². The van der Waals surface area contributed by atoms with Gasteiger partial charge in [-0.3, -0.25) is 4.98 Å². The molecule has 0 saturated heterocycles. The van der Waals surface area contributed by atoms with Gasteiger partial charge in [-0.2, -0.15) is 5.26 Å².